The Balaban J connectivity index is 1.15. The Labute approximate surface area is 266 Å². The van der Waals surface area contributed by atoms with E-state index in [1.807, 2.05) is 18.3 Å². The predicted octanol–water partition coefficient (Wildman–Crippen LogP) is 9.15. The van der Waals surface area contributed by atoms with Crippen LogP contribution in [0.15, 0.2) is 42.2 Å². The molecule has 0 radical (unpaired) electrons. The number of fused-ring (bicyclic) bond motifs is 1. The molecular formula is C35H57Cl2N5. The molecule has 2 aromatic rings. The van der Waals surface area contributed by atoms with Gasteiger partial charge in [-0.2, -0.15) is 0 Å². The molecule has 3 unspecified atom stereocenters. The van der Waals surface area contributed by atoms with Crippen molar-refractivity contribution in [1.29, 1.82) is 0 Å². The quantitative estimate of drug-likeness (QED) is 0.115. The Kier molecular flexibility index (Phi) is 17.0. The van der Waals surface area contributed by atoms with Crippen LogP contribution in [0.4, 0.5) is 5.69 Å². The van der Waals surface area contributed by atoms with Crippen molar-refractivity contribution in [1.82, 2.24) is 20.5 Å². The summed E-state index contributed by atoms with van der Waals surface area (Å²) in [6, 6.07) is 8.88. The molecule has 42 heavy (non-hydrogen) atoms. The second kappa shape index (κ2) is 20.4. The molecule has 0 aliphatic carbocycles. The Morgan fingerprint density at radius 2 is 1.64 bits per heavy atom. The van der Waals surface area contributed by atoms with Crippen LogP contribution in [0.1, 0.15) is 104 Å². The van der Waals surface area contributed by atoms with Gasteiger partial charge in [0.2, 0.25) is 0 Å². The number of aromatic nitrogens is 1. The maximum atomic E-state index is 6.59. The number of hydrogen-bond donors (Lipinski definition) is 3. The minimum atomic E-state index is 0.294. The molecule has 1 aliphatic heterocycles. The van der Waals surface area contributed by atoms with Gasteiger partial charge < -0.3 is 20.9 Å². The van der Waals surface area contributed by atoms with Crippen molar-refractivity contribution in [3.05, 3.63) is 47.3 Å². The van der Waals surface area contributed by atoms with Crippen LogP contribution in [-0.4, -0.2) is 60.6 Å². The van der Waals surface area contributed by atoms with Gasteiger partial charge in [0.05, 0.1) is 5.52 Å². The summed E-state index contributed by atoms with van der Waals surface area (Å²) in [6.07, 6.45) is 21.5. The molecule has 0 amide bonds. The first-order chi connectivity index (χ1) is 20.4. The summed E-state index contributed by atoms with van der Waals surface area (Å²) in [5, 5.41) is 13.2. The molecule has 3 N–H and O–H groups in total. The lowest BCUT2D eigenvalue weighted by molar-refractivity contribution is 0.314. The summed E-state index contributed by atoms with van der Waals surface area (Å²) >= 11 is 12.7. The highest BCUT2D eigenvalue weighted by Gasteiger charge is 2.17. The minimum absolute atomic E-state index is 0.294. The maximum absolute atomic E-state index is 6.59. The first-order valence-electron chi connectivity index (χ1n) is 16.8. The topological polar surface area (TPSA) is 52.2 Å². The first-order valence-corrected chi connectivity index (χ1v) is 17.6. The van der Waals surface area contributed by atoms with E-state index in [0.717, 1.165) is 60.4 Å². The number of hydrogen-bond acceptors (Lipinski definition) is 5. The third kappa shape index (κ3) is 13.8. The average molecular weight is 619 g/mol. The molecule has 0 bridgehead atoms. The lowest BCUT2D eigenvalue weighted by Gasteiger charge is -2.25. The van der Waals surface area contributed by atoms with Crippen molar-refractivity contribution < 1.29 is 0 Å². The summed E-state index contributed by atoms with van der Waals surface area (Å²) in [4.78, 5) is 6.94. The number of rotatable bonds is 18. The number of unbranched alkanes of at least 4 members (excludes halogenated alkanes) is 7. The Hall–Kier alpha value is -1.53. The van der Waals surface area contributed by atoms with Crippen LogP contribution >= 0.6 is 23.2 Å². The second-order valence-corrected chi connectivity index (χ2v) is 13.4. The number of allylic oxidation sites excluding steroid dienone is 1. The minimum Gasteiger partial charge on any atom is -0.389 e. The largest absolute Gasteiger partial charge is 0.389 e. The van der Waals surface area contributed by atoms with Crippen molar-refractivity contribution in [2.24, 2.45) is 0 Å². The zero-order valence-corrected chi connectivity index (χ0v) is 28.1. The molecule has 1 aromatic carbocycles. The van der Waals surface area contributed by atoms with Gasteiger partial charge in [-0.05, 0) is 115 Å². The van der Waals surface area contributed by atoms with E-state index in [4.69, 9.17) is 23.2 Å². The van der Waals surface area contributed by atoms with E-state index >= 15 is 0 Å². The standard InChI is InChI=1S/C35H57Cl2N5/c1-4-31-26-29(36)15-14-16-32(25-28(2)41-31)38-20-10-6-5-8-12-23-42(3)24-13-9-7-11-21-39-34-19-22-40-35-27-30(37)17-18-33(34)35/h17-19,22,25,27-29,31,38,41H,4-16,20-21,23-24,26H2,1-3H3,(H,39,40)/b32-25+. The molecule has 3 atom stereocenters. The smallest absolute Gasteiger partial charge is 0.0737 e. The summed E-state index contributed by atoms with van der Waals surface area (Å²) in [6.45, 7) is 9.04. The molecule has 0 spiro atoms. The number of benzene rings is 1. The SMILES string of the molecule is CCC1CC(Cl)CCC/C(NCCCCCCCN(C)CCCCCCNc2ccnc3cc(Cl)ccc23)=C\C(C)N1. The highest BCUT2D eigenvalue weighted by molar-refractivity contribution is 6.31. The molecule has 2 heterocycles. The van der Waals surface area contributed by atoms with E-state index in [9.17, 15) is 0 Å². The number of alkyl halides is 1. The number of nitrogens with zero attached hydrogens (tertiary/aromatic N) is 2. The van der Waals surface area contributed by atoms with Crippen LogP contribution in [0.25, 0.3) is 10.9 Å². The van der Waals surface area contributed by atoms with E-state index in [1.165, 1.54) is 83.0 Å². The third-order valence-electron chi connectivity index (χ3n) is 8.50. The van der Waals surface area contributed by atoms with Crippen LogP contribution in [0.3, 0.4) is 0 Å². The summed E-state index contributed by atoms with van der Waals surface area (Å²) in [5.74, 6) is 0. The van der Waals surface area contributed by atoms with Crippen LogP contribution in [0, 0.1) is 0 Å². The number of nitrogens with one attached hydrogen (secondary N) is 3. The van der Waals surface area contributed by atoms with Gasteiger partial charge in [0.25, 0.3) is 0 Å². The normalized spacial score (nSPS) is 21.3. The van der Waals surface area contributed by atoms with E-state index in [0.29, 0.717) is 17.5 Å². The Morgan fingerprint density at radius 1 is 0.952 bits per heavy atom. The van der Waals surface area contributed by atoms with Crippen molar-refractivity contribution in [3.8, 4) is 0 Å². The van der Waals surface area contributed by atoms with Crippen molar-refractivity contribution in [2.45, 2.75) is 121 Å². The molecule has 236 valence electrons. The molecular weight excluding hydrogens is 561 g/mol. The highest BCUT2D eigenvalue weighted by atomic mass is 35.5. The first kappa shape index (κ1) is 35.0. The van der Waals surface area contributed by atoms with E-state index < -0.39 is 0 Å². The van der Waals surface area contributed by atoms with Gasteiger partial charge in [-0.1, -0.05) is 50.6 Å². The molecule has 1 aromatic heterocycles. The Bertz CT molecular complexity index is 1050. The monoisotopic (exact) mass is 617 g/mol. The second-order valence-electron chi connectivity index (χ2n) is 12.3. The van der Waals surface area contributed by atoms with Gasteiger partial charge in [-0.15, -0.1) is 11.6 Å². The fourth-order valence-electron chi connectivity index (χ4n) is 6.00. The summed E-state index contributed by atoms with van der Waals surface area (Å²) < 4.78 is 0. The molecule has 0 saturated carbocycles. The van der Waals surface area contributed by atoms with Crippen molar-refractivity contribution in [2.75, 3.05) is 38.5 Å². The lowest BCUT2D eigenvalue weighted by Crippen LogP contribution is -2.38. The van der Waals surface area contributed by atoms with Gasteiger partial charge in [0.15, 0.2) is 0 Å². The number of pyridine rings is 1. The lowest BCUT2D eigenvalue weighted by atomic mass is 10.0. The van der Waals surface area contributed by atoms with Crippen LogP contribution in [0.5, 0.6) is 0 Å². The Morgan fingerprint density at radius 3 is 2.38 bits per heavy atom. The van der Waals surface area contributed by atoms with Gasteiger partial charge in [0, 0.05) is 58.5 Å². The number of halogens is 2. The van der Waals surface area contributed by atoms with Gasteiger partial charge in [0.1, 0.15) is 0 Å². The van der Waals surface area contributed by atoms with Crippen molar-refractivity contribution >= 4 is 39.8 Å². The zero-order valence-electron chi connectivity index (χ0n) is 26.6. The molecule has 5 nitrogen and oxygen atoms in total. The van der Waals surface area contributed by atoms with Crippen LogP contribution in [-0.2, 0) is 0 Å². The van der Waals surface area contributed by atoms with E-state index in [-0.39, 0.29) is 0 Å². The van der Waals surface area contributed by atoms with Gasteiger partial charge in [-0.3, -0.25) is 4.98 Å². The highest BCUT2D eigenvalue weighted by Crippen LogP contribution is 2.24. The number of anilines is 1. The van der Waals surface area contributed by atoms with Gasteiger partial charge in [-0.25, -0.2) is 0 Å². The summed E-state index contributed by atoms with van der Waals surface area (Å²) in [5.41, 5.74) is 3.50. The molecule has 0 fully saturated rings. The third-order valence-corrected chi connectivity index (χ3v) is 9.13. The average Bonchev–Trinajstić information content (AvgIpc) is 2.97. The predicted molar refractivity (Wildman–Crippen MR) is 185 cm³/mol. The molecule has 1 aliphatic rings. The van der Waals surface area contributed by atoms with Crippen LogP contribution in [0.2, 0.25) is 5.02 Å². The van der Waals surface area contributed by atoms with Crippen molar-refractivity contribution in [3.63, 3.8) is 0 Å². The molecule has 3 rings (SSSR count). The fraction of sp³-hybridized carbons (Fsp3) is 0.686. The fourth-order valence-corrected chi connectivity index (χ4v) is 6.54. The molecule has 0 saturated heterocycles. The van der Waals surface area contributed by atoms with Crippen LogP contribution < -0.4 is 16.0 Å². The van der Waals surface area contributed by atoms with E-state index in [1.54, 1.807) is 0 Å². The van der Waals surface area contributed by atoms with E-state index in [2.05, 4.69) is 64.9 Å². The van der Waals surface area contributed by atoms with Gasteiger partial charge >= 0.3 is 0 Å². The summed E-state index contributed by atoms with van der Waals surface area (Å²) in [7, 11) is 2.28. The molecule has 7 heteroatoms. The zero-order chi connectivity index (χ0) is 30.0. The maximum Gasteiger partial charge on any atom is 0.0737 e.